The average Bonchev–Trinajstić information content (AvgIpc) is 2.98. The Morgan fingerprint density at radius 2 is 1.65 bits per heavy atom. The van der Waals surface area contributed by atoms with Gasteiger partial charge < -0.3 is 26.4 Å². The summed E-state index contributed by atoms with van der Waals surface area (Å²) < 4.78 is 0. The number of benzene rings is 3. The van der Waals surface area contributed by atoms with Gasteiger partial charge >= 0.3 is 0 Å². The molecule has 40 heavy (non-hydrogen) atoms. The lowest BCUT2D eigenvalue weighted by Crippen LogP contribution is -2.60. The summed E-state index contributed by atoms with van der Waals surface area (Å²) in [7, 11) is 0. The molecule has 1 aliphatic rings. The van der Waals surface area contributed by atoms with E-state index < -0.39 is 41.8 Å². The highest BCUT2D eigenvalue weighted by Crippen LogP contribution is 2.21. The van der Waals surface area contributed by atoms with E-state index in [-0.39, 0.29) is 18.1 Å². The number of piperidine rings is 1. The third kappa shape index (κ3) is 7.40. The zero-order valence-corrected chi connectivity index (χ0v) is 22.9. The van der Waals surface area contributed by atoms with Gasteiger partial charge in [0.1, 0.15) is 18.1 Å². The fraction of sp³-hybridized carbons (Fsp3) is 0.333. The molecule has 0 bridgehead atoms. The van der Waals surface area contributed by atoms with Gasteiger partial charge in [-0.2, -0.15) is 0 Å². The Kier molecular flexibility index (Phi) is 10.2. The van der Waals surface area contributed by atoms with Gasteiger partial charge in [0.2, 0.25) is 17.7 Å². The van der Waals surface area contributed by atoms with Crippen molar-refractivity contribution in [1.29, 1.82) is 0 Å². The minimum absolute atomic E-state index is 0.143. The Hall–Kier alpha value is -3.89. The molecule has 4 amide bonds. The molecular formula is C30H34N4O5S. The largest absolute Gasteiger partial charge is 0.386 e. The van der Waals surface area contributed by atoms with Crippen LogP contribution in [0.5, 0.6) is 0 Å². The number of thioether (sulfide) groups is 1. The first kappa shape index (κ1) is 29.1. The second kappa shape index (κ2) is 14.0. The smallest absolute Gasteiger partial charge is 0.251 e. The first-order chi connectivity index (χ1) is 19.4. The predicted octanol–water partition coefficient (Wildman–Crippen LogP) is 2.22. The first-order valence-electron chi connectivity index (χ1n) is 13.3. The molecule has 3 aromatic rings. The molecule has 1 saturated heterocycles. The fourth-order valence-electron chi connectivity index (χ4n) is 4.94. The summed E-state index contributed by atoms with van der Waals surface area (Å²) in [6.07, 6.45) is 2.08. The highest BCUT2D eigenvalue weighted by Gasteiger charge is 2.37. The van der Waals surface area contributed by atoms with Gasteiger partial charge in [-0.05, 0) is 47.7 Å². The highest BCUT2D eigenvalue weighted by molar-refractivity contribution is 7.99. The molecule has 0 saturated carbocycles. The molecule has 1 fully saturated rings. The minimum Gasteiger partial charge on any atom is -0.386 e. The number of primary amides is 1. The van der Waals surface area contributed by atoms with Crippen molar-refractivity contribution in [3.05, 3.63) is 83.9 Å². The summed E-state index contributed by atoms with van der Waals surface area (Å²) in [4.78, 5) is 53.8. The Morgan fingerprint density at radius 3 is 2.38 bits per heavy atom. The van der Waals surface area contributed by atoms with Gasteiger partial charge in [0.15, 0.2) is 0 Å². The van der Waals surface area contributed by atoms with Gasteiger partial charge in [-0.1, -0.05) is 60.7 Å². The second-order valence-electron chi connectivity index (χ2n) is 9.78. The third-order valence-electron chi connectivity index (χ3n) is 7.02. The van der Waals surface area contributed by atoms with E-state index in [1.54, 1.807) is 30.3 Å². The first-order valence-corrected chi connectivity index (χ1v) is 14.4. The van der Waals surface area contributed by atoms with Crippen LogP contribution in [0.3, 0.4) is 0 Å². The lowest BCUT2D eigenvalue weighted by molar-refractivity contribution is -0.144. The van der Waals surface area contributed by atoms with Crippen LogP contribution in [-0.4, -0.2) is 70.0 Å². The van der Waals surface area contributed by atoms with Crippen LogP contribution in [-0.2, 0) is 20.8 Å². The molecule has 1 heterocycles. The van der Waals surface area contributed by atoms with E-state index in [0.717, 1.165) is 34.5 Å². The van der Waals surface area contributed by atoms with Crippen molar-refractivity contribution in [3.8, 4) is 0 Å². The standard InChI is InChI=1S/C30H34N4O5S/c31-27(36)24(17-20-13-14-21-8-4-5-11-23(21)16-20)32-29(38)26-12-6-7-15-34(26)30(39)25(18-40-19-35)33-28(37)22-9-2-1-3-10-22/h1-5,8-11,13-14,16,24-26,35H,6-7,12,15,17-19H2,(H2,31,36)(H,32,38)(H,33,37)/t24-,25-,26-/m0/s1. The average molecular weight is 563 g/mol. The number of aliphatic hydroxyl groups is 1. The van der Waals surface area contributed by atoms with Crippen molar-refractivity contribution in [2.24, 2.45) is 5.73 Å². The number of carbonyl (C=O) groups is 4. The topological polar surface area (TPSA) is 142 Å². The van der Waals surface area contributed by atoms with Crippen LogP contribution in [0.1, 0.15) is 35.2 Å². The van der Waals surface area contributed by atoms with Crippen molar-refractivity contribution in [1.82, 2.24) is 15.5 Å². The zero-order chi connectivity index (χ0) is 28.5. The van der Waals surface area contributed by atoms with E-state index >= 15 is 0 Å². The van der Waals surface area contributed by atoms with Gasteiger partial charge in [-0.25, -0.2) is 0 Å². The minimum atomic E-state index is -0.953. The van der Waals surface area contributed by atoms with Crippen LogP contribution >= 0.6 is 11.8 Å². The van der Waals surface area contributed by atoms with Crippen molar-refractivity contribution in [2.45, 2.75) is 43.8 Å². The number of likely N-dealkylation sites (tertiary alicyclic amines) is 1. The van der Waals surface area contributed by atoms with Crippen LogP contribution in [0.25, 0.3) is 10.8 Å². The van der Waals surface area contributed by atoms with Gasteiger partial charge in [0.25, 0.3) is 5.91 Å². The Bertz CT molecular complexity index is 1350. The number of hydrogen-bond acceptors (Lipinski definition) is 6. The second-order valence-corrected chi connectivity index (χ2v) is 10.8. The van der Waals surface area contributed by atoms with E-state index in [1.807, 2.05) is 42.5 Å². The molecule has 0 aliphatic carbocycles. The number of amides is 4. The van der Waals surface area contributed by atoms with E-state index in [1.165, 1.54) is 4.90 Å². The normalized spacial score (nSPS) is 16.6. The summed E-state index contributed by atoms with van der Waals surface area (Å²) in [5.74, 6) is -2.02. The molecular weight excluding hydrogens is 528 g/mol. The van der Waals surface area contributed by atoms with Crippen molar-refractivity contribution >= 4 is 46.2 Å². The van der Waals surface area contributed by atoms with E-state index in [0.29, 0.717) is 24.9 Å². The molecule has 9 nitrogen and oxygen atoms in total. The number of hydrogen-bond donors (Lipinski definition) is 4. The van der Waals surface area contributed by atoms with Gasteiger partial charge in [0, 0.05) is 24.3 Å². The number of nitrogens with one attached hydrogen (secondary N) is 2. The molecule has 0 aromatic heterocycles. The van der Waals surface area contributed by atoms with Crippen LogP contribution in [0.4, 0.5) is 0 Å². The molecule has 3 aromatic carbocycles. The van der Waals surface area contributed by atoms with Gasteiger partial charge in [0.05, 0.1) is 5.94 Å². The maximum absolute atomic E-state index is 13.7. The Labute approximate surface area is 237 Å². The van der Waals surface area contributed by atoms with E-state index in [4.69, 9.17) is 5.73 Å². The fourth-order valence-corrected chi connectivity index (χ4v) is 5.50. The molecule has 0 radical (unpaired) electrons. The maximum Gasteiger partial charge on any atom is 0.251 e. The van der Waals surface area contributed by atoms with Crippen LogP contribution in [0.15, 0.2) is 72.8 Å². The molecule has 1 aliphatic heterocycles. The zero-order valence-electron chi connectivity index (χ0n) is 22.1. The number of nitrogens with zero attached hydrogens (tertiary/aromatic N) is 1. The van der Waals surface area contributed by atoms with Crippen molar-refractivity contribution < 1.29 is 24.3 Å². The Balaban J connectivity index is 1.48. The maximum atomic E-state index is 13.7. The third-order valence-corrected chi connectivity index (χ3v) is 7.77. The van der Waals surface area contributed by atoms with Crippen LogP contribution < -0.4 is 16.4 Å². The summed E-state index contributed by atoms with van der Waals surface area (Å²) in [5, 5.41) is 17.0. The number of aliphatic hydroxyl groups excluding tert-OH is 1. The molecule has 210 valence electrons. The molecule has 5 N–H and O–H groups in total. The number of carbonyl (C=O) groups excluding carboxylic acids is 4. The molecule has 3 atom stereocenters. The molecule has 0 unspecified atom stereocenters. The SMILES string of the molecule is NC(=O)[C@H](Cc1ccc2ccccc2c1)NC(=O)[C@@H]1CCCCN1C(=O)[C@H](CSCO)NC(=O)c1ccccc1. The lowest BCUT2D eigenvalue weighted by atomic mass is 9.98. The van der Waals surface area contributed by atoms with Gasteiger partial charge in [-0.15, -0.1) is 11.8 Å². The summed E-state index contributed by atoms with van der Waals surface area (Å²) in [5.41, 5.74) is 6.93. The number of nitrogens with two attached hydrogens (primary N) is 1. The van der Waals surface area contributed by atoms with E-state index in [2.05, 4.69) is 10.6 Å². The molecule has 10 heteroatoms. The molecule has 0 spiro atoms. The van der Waals surface area contributed by atoms with Gasteiger partial charge in [-0.3, -0.25) is 19.2 Å². The monoisotopic (exact) mass is 562 g/mol. The number of rotatable bonds is 11. The Morgan fingerprint density at radius 1 is 0.925 bits per heavy atom. The van der Waals surface area contributed by atoms with Crippen molar-refractivity contribution in [3.63, 3.8) is 0 Å². The summed E-state index contributed by atoms with van der Waals surface area (Å²) in [6.45, 7) is 0.338. The van der Waals surface area contributed by atoms with E-state index in [9.17, 15) is 24.3 Å². The summed E-state index contributed by atoms with van der Waals surface area (Å²) in [6, 6.07) is 19.5. The predicted molar refractivity (Wildman–Crippen MR) is 155 cm³/mol. The van der Waals surface area contributed by atoms with Crippen LogP contribution in [0.2, 0.25) is 0 Å². The molecule has 4 rings (SSSR count). The van der Waals surface area contributed by atoms with Crippen molar-refractivity contribution in [2.75, 3.05) is 18.2 Å². The lowest BCUT2D eigenvalue weighted by Gasteiger charge is -2.37. The quantitative estimate of drug-likeness (QED) is 0.264. The highest BCUT2D eigenvalue weighted by atomic mass is 32.2. The number of fused-ring (bicyclic) bond motifs is 1. The summed E-state index contributed by atoms with van der Waals surface area (Å²) >= 11 is 1.10. The van der Waals surface area contributed by atoms with Crippen LogP contribution in [0, 0.1) is 0 Å².